The molecule has 0 amide bonds. The Labute approximate surface area is 179 Å². The van der Waals surface area contributed by atoms with Gasteiger partial charge in [0.2, 0.25) is 6.20 Å². The predicted molar refractivity (Wildman–Crippen MR) is 112 cm³/mol. The van der Waals surface area contributed by atoms with E-state index in [1.807, 2.05) is 0 Å². The molecule has 0 fully saturated rings. The van der Waals surface area contributed by atoms with Crippen LogP contribution in [0.25, 0.3) is 11.6 Å². The van der Waals surface area contributed by atoms with Crippen molar-refractivity contribution < 1.29 is 29.1 Å². The molecule has 3 rings (SSSR count). The Hall–Kier alpha value is -3.20. The van der Waals surface area contributed by atoms with Crippen molar-refractivity contribution in [3.8, 4) is 0 Å². The van der Waals surface area contributed by atoms with Crippen LogP contribution < -0.4 is 0 Å². The third-order valence-corrected chi connectivity index (χ3v) is 5.20. The summed E-state index contributed by atoms with van der Waals surface area (Å²) < 4.78 is 12.6. The van der Waals surface area contributed by atoms with Gasteiger partial charge in [-0.2, -0.15) is 0 Å². The highest BCUT2D eigenvalue weighted by Gasteiger charge is 2.57. The topological polar surface area (TPSA) is 120 Å². The average Bonchev–Trinajstić information content (AvgIpc) is 3.01. The quantitative estimate of drug-likeness (QED) is 0.323. The standard InChI is InChI=1S/C22H26N2O7/c1-13(2)30-20(26)22(21(27)31-14(3)4)10-8-17(25)19-18(22)15(9-12-24(28)29)16-7-5-6-11-23(16)19/h5-7,9,11-14,17,25H,8,10H2,1-4H3/b12-9+. The maximum atomic E-state index is 13.4. The first-order valence-corrected chi connectivity index (χ1v) is 10.1. The summed E-state index contributed by atoms with van der Waals surface area (Å²) in [5.74, 6) is -1.60. The van der Waals surface area contributed by atoms with E-state index in [0.29, 0.717) is 16.8 Å². The molecule has 2 heterocycles. The predicted octanol–water partition coefficient (Wildman–Crippen LogP) is 3.15. The van der Waals surface area contributed by atoms with Crippen LogP contribution in [0.5, 0.6) is 0 Å². The summed E-state index contributed by atoms with van der Waals surface area (Å²) in [7, 11) is 0. The first-order valence-electron chi connectivity index (χ1n) is 10.1. The molecule has 2 aromatic heterocycles. The molecule has 0 saturated carbocycles. The summed E-state index contributed by atoms with van der Waals surface area (Å²) in [5, 5.41) is 21.9. The summed E-state index contributed by atoms with van der Waals surface area (Å²) >= 11 is 0. The fraction of sp³-hybridized carbons (Fsp3) is 0.455. The second-order valence-corrected chi connectivity index (χ2v) is 8.10. The van der Waals surface area contributed by atoms with Gasteiger partial charge >= 0.3 is 11.9 Å². The molecule has 0 radical (unpaired) electrons. The van der Waals surface area contributed by atoms with Gasteiger partial charge in [0.15, 0.2) is 5.41 Å². The normalized spacial score (nSPS) is 17.8. The van der Waals surface area contributed by atoms with Gasteiger partial charge in [0, 0.05) is 23.4 Å². The van der Waals surface area contributed by atoms with E-state index in [9.17, 15) is 24.8 Å². The molecule has 0 aromatic carbocycles. The van der Waals surface area contributed by atoms with Gasteiger partial charge in [-0.1, -0.05) is 6.07 Å². The third kappa shape index (κ3) is 3.93. The number of esters is 2. The molecule has 31 heavy (non-hydrogen) atoms. The molecule has 9 nitrogen and oxygen atoms in total. The zero-order chi connectivity index (χ0) is 22.9. The van der Waals surface area contributed by atoms with Gasteiger partial charge in [0.1, 0.15) is 0 Å². The Morgan fingerprint density at radius 2 is 1.84 bits per heavy atom. The molecule has 9 heteroatoms. The summed E-state index contributed by atoms with van der Waals surface area (Å²) in [6, 6.07) is 5.17. The van der Waals surface area contributed by atoms with Crippen molar-refractivity contribution in [1.29, 1.82) is 0 Å². The van der Waals surface area contributed by atoms with Crippen molar-refractivity contribution in [3.05, 3.63) is 57.5 Å². The van der Waals surface area contributed by atoms with Gasteiger partial charge in [-0.3, -0.25) is 19.7 Å². The van der Waals surface area contributed by atoms with Crippen molar-refractivity contribution in [2.75, 3.05) is 0 Å². The molecule has 1 aliphatic rings. The second kappa shape index (κ2) is 8.50. The SMILES string of the molecule is CC(C)OC(=O)C1(C(=O)OC(C)C)CCC(O)c2c1c(/C=C/[N+](=O)[O-])c1ccccn21. The van der Waals surface area contributed by atoms with Crippen molar-refractivity contribution in [1.82, 2.24) is 4.40 Å². The minimum absolute atomic E-state index is 0.0472. The molecule has 166 valence electrons. The Bertz CT molecular complexity index is 1030. The number of ether oxygens (including phenoxy) is 2. The summed E-state index contributed by atoms with van der Waals surface area (Å²) in [6.07, 6.45) is 1.76. The second-order valence-electron chi connectivity index (χ2n) is 8.10. The van der Waals surface area contributed by atoms with Gasteiger partial charge in [0.05, 0.1) is 34.4 Å². The molecule has 0 bridgehead atoms. The first kappa shape index (κ1) is 22.5. The highest BCUT2D eigenvalue weighted by molar-refractivity contribution is 6.08. The fourth-order valence-corrected chi connectivity index (χ4v) is 4.07. The van der Waals surface area contributed by atoms with Crippen molar-refractivity contribution in [3.63, 3.8) is 0 Å². The van der Waals surface area contributed by atoms with Crippen molar-refractivity contribution in [2.24, 2.45) is 0 Å². The Balaban J connectivity index is 2.41. The third-order valence-electron chi connectivity index (χ3n) is 5.20. The number of carbonyl (C=O) groups is 2. The number of fused-ring (bicyclic) bond motifs is 3. The number of hydrogen-bond acceptors (Lipinski definition) is 7. The van der Waals surface area contributed by atoms with Gasteiger partial charge in [-0.05, 0) is 52.7 Å². The number of pyridine rings is 1. The number of nitro groups is 1. The molecule has 2 aromatic rings. The van der Waals surface area contributed by atoms with Crippen LogP contribution in [0, 0.1) is 10.1 Å². The maximum Gasteiger partial charge on any atom is 0.328 e. The van der Waals surface area contributed by atoms with E-state index in [4.69, 9.17) is 9.47 Å². The lowest BCUT2D eigenvalue weighted by Crippen LogP contribution is -2.50. The van der Waals surface area contributed by atoms with E-state index < -0.39 is 40.6 Å². The van der Waals surface area contributed by atoms with E-state index in [2.05, 4.69) is 0 Å². The number of aromatic nitrogens is 1. The van der Waals surface area contributed by atoms with E-state index in [0.717, 1.165) is 6.20 Å². The van der Waals surface area contributed by atoms with Gasteiger partial charge in [-0.25, -0.2) is 0 Å². The minimum atomic E-state index is -1.86. The van der Waals surface area contributed by atoms with Crippen LogP contribution in [-0.2, 0) is 24.5 Å². The minimum Gasteiger partial charge on any atom is -0.462 e. The lowest BCUT2D eigenvalue weighted by molar-refractivity contribution is -0.400. The van der Waals surface area contributed by atoms with Gasteiger partial charge in [0.25, 0.3) is 0 Å². The van der Waals surface area contributed by atoms with Crippen LogP contribution in [-0.4, -0.2) is 38.6 Å². The van der Waals surface area contributed by atoms with Crippen LogP contribution >= 0.6 is 0 Å². The van der Waals surface area contributed by atoms with E-state index >= 15 is 0 Å². The first-order chi connectivity index (χ1) is 14.6. The molecule has 0 spiro atoms. The van der Waals surface area contributed by atoms with Crippen LogP contribution in [0.1, 0.15) is 63.5 Å². The summed E-state index contributed by atoms with van der Waals surface area (Å²) in [5.41, 5.74) is -0.526. The summed E-state index contributed by atoms with van der Waals surface area (Å²) in [4.78, 5) is 37.3. The maximum absolute atomic E-state index is 13.4. The number of aliphatic hydroxyl groups excluding tert-OH is 1. The van der Waals surface area contributed by atoms with E-state index in [-0.39, 0.29) is 18.4 Å². The molecule has 0 saturated heterocycles. The molecule has 1 aliphatic carbocycles. The van der Waals surface area contributed by atoms with Gasteiger partial charge in [-0.15, -0.1) is 0 Å². The largest absolute Gasteiger partial charge is 0.462 e. The number of aliphatic hydroxyl groups is 1. The van der Waals surface area contributed by atoms with Crippen LogP contribution in [0.15, 0.2) is 30.6 Å². The van der Waals surface area contributed by atoms with Crippen molar-refractivity contribution in [2.45, 2.75) is 64.3 Å². The van der Waals surface area contributed by atoms with E-state index in [1.54, 1.807) is 56.5 Å². The molecule has 0 aliphatic heterocycles. The summed E-state index contributed by atoms with van der Waals surface area (Å²) in [6.45, 7) is 6.67. The molecule has 1 N–H and O–H groups in total. The van der Waals surface area contributed by atoms with Gasteiger partial charge < -0.3 is 19.0 Å². The number of carbonyl (C=O) groups excluding carboxylic acids is 2. The lowest BCUT2D eigenvalue weighted by Gasteiger charge is -2.36. The Kier molecular flexibility index (Phi) is 6.17. The molecule has 1 atom stereocenters. The average molecular weight is 430 g/mol. The monoisotopic (exact) mass is 430 g/mol. The van der Waals surface area contributed by atoms with Crippen molar-refractivity contribution >= 4 is 23.5 Å². The number of hydrogen-bond donors (Lipinski definition) is 1. The highest BCUT2D eigenvalue weighted by atomic mass is 16.6. The number of nitrogens with zero attached hydrogens (tertiary/aromatic N) is 2. The molecule has 1 unspecified atom stereocenters. The Morgan fingerprint density at radius 1 is 1.23 bits per heavy atom. The zero-order valence-electron chi connectivity index (χ0n) is 17.9. The highest BCUT2D eigenvalue weighted by Crippen LogP contribution is 2.48. The van der Waals surface area contributed by atoms with E-state index in [1.165, 1.54) is 6.08 Å². The molecular weight excluding hydrogens is 404 g/mol. The smallest absolute Gasteiger partial charge is 0.328 e. The van der Waals surface area contributed by atoms with Crippen LogP contribution in [0.2, 0.25) is 0 Å². The molecular formula is C22H26N2O7. The van der Waals surface area contributed by atoms with Crippen LogP contribution in [0.4, 0.5) is 0 Å². The number of rotatable bonds is 6. The van der Waals surface area contributed by atoms with Crippen LogP contribution in [0.3, 0.4) is 0 Å². The Morgan fingerprint density at radius 3 is 2.39 bits per heavy atom. The lowest BCUT2D eigenvalue weighted by atomic mass is 9.69. The zero-order valence-corrected chi connectivity index (χ0v) is 17.9. The fourth-order valence-electron chi connectivity index (χ4n) is 4.07.